The van der Waals surface area contributed by atoms with E-state index in [9.17, 15) is 23.7 Å². The van der Waals surface area contributed by atoms with Crippen LogP contribution in [0, 0.1) is 21.7 Å². The van der Waals surface area contributed by atoms with Crippen LogP contribution in [-0.4, -0.2) is 23.4 Å². The summed E-state index contributed by atoms with van der Waals surface area (Å²) in [5.74, 6) is -3.29. The molecular weight excluding hydrogens is 260 g/mol. The van der Waals surface area contributed by atoms with Gasteiger partial charge in [-0.3, -0.25) is 14.9 Å². The molecule has 8 heteroatoms. The highest BCUT2D eigenvalue weighted by Gasteiger charge is 2.27. The van der Waals surface area contributed by atoms with Crippen LogP contribution >= 0.6 is 0 Å². The maximum atomic E-state index is 13.6. The van der Waals surface area contributed by atoms with Crippen molar-refractivity contribution in [2.45, 2.75) is 18.9 Å². The summed E-state index contributed by atoms with van der Waals surface area (Å²) in [7, 11) is 0. The Kier molecular flexibility index (Phi) is 3.70. The Balaban J connectivity index is 2.29. The lowest BCUT2D eigenvalue weighted by Gasteiger charge is -2.12. The molecule has 1 amide bonds. The van der Waals surface area contributed by atoms with E-state index in [4.69, 9.17) is 0 Å². The lowest BCUT2D eigenvalue weighted by atomic mass is 10.2. The van der Waals surface area contributed by atoms with Crippen molar-refractivity contribution < 1.29 is 18.5 Å². The van der Waals surface area contributed by atoms with Crippen LogP contribution in [0.4, 0.5) is 20.2 Å². The fourth-order valence-corrected chi connectivity index (χ4v) is 1.93. The fraction of sp³-hybridized carbons (Fsp3) is 0.364. The van der Waals surface area contributed by atoms with Gasteiger partial charge in [-0.15, -0.1) is 0 Å². The van der Waals surface area contributed by atoms with E-state index < -0.39 is 39.9 Å². The number of anilines is 1. The topological polar surface area (TPSA) is 84.3 Å². The van der Waals surface area contributed by atoms with Crippen LogP contribution in [0.25, 0.3) is 0 Å². The normalized spacial score (nSPS) is 18.3. The van der Waals surface area contributed by atoms with Gasteiger partial charge >= 0.3 is 0 Å². The van der Waals surface area contributed by atoms with Crippen molar-refractivity contribution in [3.05, 3.63) is 33.9 Å². The zero-order chi connectivity index (χ0) is 14.0. The molecule has 1 aliphatic rings. The average molecular weight is 271 g/mol. The Morgan fingerprint density at radius 3 is 2.79 bits per heavy atom. The molecule has 1 aromatic carbocycles. The van der Waals surface area contributed by atoms with Gasteiger partial charge < -0.3 is 10.6 Å². The number of rotatable bonds is 3. The van der Waals surface area contributed by atoms with Crippen LogP contribution in [0.15, 0.2) is 12.1 Å². The van der Waals surface area contributed by atoms with Crippen molar-refractivity contribution in [1.29, 1.82) is 0 Å². The predicted octanol–water partition coefficient (Wildman–Crippen LogP) is 1.56. The number of benzene rings is 1. The molecule has 1 fully saturated rings. The van der Waals surface area contributed by atoms with Gasteiger partial charge in [0.25, 0.3) is 5.69 Å². The highest BCUT2D eigenvalue weighted by molar-refractivity contribution is 5.97. The van der Waals surface area contributed by atoms with E-state index in [-0.39, 0.29) is 0 Å². The van der Waals surface area contributed by atoms with Crippen LogP contribution in [0.5, 0.6) is 0 Å². The number of hydrogen-bond donors (Lipinski definition) is 2. The molecule has 2 rings (SSSR count). The zero-order valence-electron chi connectivity index (χ0n) is 9.78. The Hall–Kier alpha value is -2.09. The SMILES string of the molecule is O=C(Nc1c([N+](=O)[O-])ccc(F)c1F)[C@@H]1CCCN1. The zero-order valence-corrected chi connectivity index (χ0v) is 9.78. The smallest absolute Gasteiger partial charge is 0.296 e. The number of nitrogens with zero attached hydrogens (tertiary/aromatic N) is 1. The van der Waals surface area contributed by atoms with Crippen LogP contribution in [0.3, 0.4) is 0 Å². The third kappa shape index (κ3) is 2.68. The summed E-state index contributed by atoms with van der Waals surface area (Å²) in [6, 6.07) is 0.926. The van der Waals surface area contributed by atoms with Crippen molar-refractivity contribution in [2.24, 2.45) is 0 Å². The van der Waals surface area contributed by atoms with Crippen molar-refractivity contribution in [3.63, 3.8) is 0 Å². The van der Waals surface area contributed by atoms with E-state index in [1.807, 2.05) is 0 Å². The van der Waals surface area contributed by atoms with E-state index in [0.717, 1.165) is 12.5 Å². The second-order valence-corrected chi connectivity index (χ2v) is 4.15. The minimum Gasteiger partial charge on any atom is -0.316 e. The molecule has 0 spiro atoms. The van der Waals surface area contributed by atoms with Gasteiger partial charge in [-0.05, 0) is 25.5 Å². The van der Waals surface area contributed by atoms with Crippen molar-refractivity contribution in [2.75, 3.05) is 11.9 Å². The number of amides is 1. The van der Waals surface area contributed by atoms with Gasteiger partial charge in [0.15, 0.2) is 17.3 Å². The molecule has 1 saturated heterocycles. The third-order valence-corrected chi connectivity index (χ3v) is 2.89. The summed E-state index contributed by atoms with van der Waals surface area (Å²) < 4.78 is 26.6. The third-order valence-electron chi connectivity index (χ3n) is 2.89. The Bertz CT molecular complexity index is 530. The van der Waals surface area contributed by atoms with Gasteiger partial charge in [-0.1, -0.05) is 0 Å². The van der Waals surface area contributed by atoms with Gasteiger partial charge in [-0.2, -0.15) is 0 Å². The minimum absolute atomic E-state index is 0.540. The summed E-state index contributed by atoms with van der Waals surface area (Å²) in [4.78, 5) is 21.6. The van der Waals surface area contributed by atoms with E-state index in [0.29, 0.717) is 19.0 Å². The predicted molar refractivity (Wildman–Crippen MR) is 62.7 cm³/mol. The summed E-state index contributed by atoms with van der Waals surface area (Å²) in [5, 5.41) is 15.7. The maximum absolute atomic E-state index is 13.6. The molecule has 1 aromatic rings. The van der Waals surface area contributed by atoms with Crippen LogP contribution in [0.1, 0.15) is 12.8 Å². The fourth-order valence-electron chi connectivity index (χ4n) is 1.93. The average Bonchev–Trinajstić information content (AvgIpc) is 2.88. The lowest BCUT2D eigenvalue weighted by molar-refractivity contribution is -0.384. The monoisotopic (exact) mass is 271 g/mol. The first-order valence-corrected chi connectivity index (χ1v) is 5.67. The summed E-state index contributed by atoms with van der Waals surface area (Å²) in [6.45, 7) is 0.645. The molecular formula is C11H11F2N3O3. The Morgan fingerprint density at radius 1 is 1.47 bits per heavy atom. The van der Waals surface area contributed by atoms with Gasteiger partial charge in [0, 0.05) is 6.07 Å². The first-order chi connectivity index (χ1) is 9.00. The minimum atomic E-state index is -1.43. The van der Waals surface area contributed by atoms with E-state index in [1.165, 1.54) is 0 Å². The largest absolute Gasteiger partial charge is 0.316 e. The number of nitrogens with one attached hydrogen (secondary N) is 2. The number of carbonyl (C=O) groups is 1. The molecule has 0 aliphatic carbocycles. The Labute approximate surface area is 106 Å². The summed E-state index contributed by atoms with van der Waals surface area (Å²) in [6.07, 6.45) is 1.34. The molecule has 19 heavy (non-hydrogen) atoms. The molecule has 0 aromatic heterocycles. The number of nitro groups is 1. The second kappa shape index (κ2) is 5.27. The van der Waals surface area contributed by atoms with Gasteiger partial charge in [0.1, 0.15) is 0 Å². The van der Waals surface area contributed by atoms with Crippen molar-refractivity contribution >= 4 is 17.3 Å². The number of nitro benzene ring substituents is 1. The molecule has 6 nitrogen and oxygen atoms in total. The van der Waals surface area contributed by atoms with Gasteiger partial charge in [0.2, 0.25) is 5.91 Å². The maximum Gasteiger partial charge on any atom is 0.296 e. The molecule has 0 saturated carbocycles. The number of carbonyl (C=O) groups excluding carboxylic acids is 1. The summed E-state index contributed by atoms with van der Waals surface area (Å²) in [5.41, 5.74) is -1.41. The van der Waals surface area contributed by atoms with Crippen LogP contribution < -0.4 is 10.6 Å². The molecule has 1 atom stereocenters. The van der Waals surface area contributed by atoms with Crippen molar-refractivity contribution in [3.8, 4) is 0 Å². The molecule has 1 heterocycles. The molecule has 0 radical (unpaired) electrons. The van der Waals surface area contributed by atoms with Crippen molar-refractivity contribution in [1.82, 2.24) is 5.32 Å². The van der Waals surface area contributed by atoms with Crippen LogP contribution in [-0.2, 0) is 4.79 Å². The number of hydrogen-bond acceptors (Lipinski definition) is 4. The highest BCUT2D eigenvalue weighted by atomic mass is 19.2. The van der Waals surface area contributed by atoms with Gasteiger partial charge in [-0.25, -0.2) is 8.78 Å². The number of halogens is 2. The molecule has 102 valence electrons. The van der Waals surface area contributed by atoms with E-state index >= 15 is 0 Å². The standard InChI is InChI=1S/C11H11F2N3O3/c12-6-3-4-8(16(18)19)10(9(6)13)15-11(17)7-2-1-5-14-7/h3-4,7,14H,1-2,5H2,(H,15,17)/t7-/m0/s1. The highest BCUT2D eigenvalue weighted by Crippen LogP contribution is 2.29. The quantitative estimate of drug-likeness (QED) is 0.645. The summed E-state index contributed by atoms with van der Waals surface area (Å²) >= 11 is 0. The lowest BCUT2D eigenvalue weighted by Crippen LogP contribution is -2.36. The molecule has 0 unspecified atom stereocenters. The molecule has 0 bridgehead atoms. The molecule has 2 N–H and O–H groups in total. The second-order valence-electron chi connectivity index (χ2n) is 4.15. The van der Waals surface area contributed by atoms with Crippen LogP contribution in [0.2, 0.25) is 0 Å². The molecule has 1 aliphatic heterocycles. The Morgan fingerprint density at radius 2 is 2.21 bits per heavy atom. The van der Waals surface area contributed by atoms with Gasteiger partial charge in [0.05, 0.1) is 11.0 Å². The van der Waals surface area contributed by atoms with E-state index in [1.54, 1.807) is 0 Å². The first kappa shape index (κ1) is 13.3. The van der Waals surface area contributed by atoms with E-state index in [2.05, 4.69) is 10.6 Å². The first-order valence-electron chi connectivity index (χ1n) is 5.67.